The number of aromatic nitrogens is 1. The standard InChI is InChI=1S/C22H24F2N4O3/c23-17-7-15(9-27-21(17)28-11-22(12-28)5-2-6-30-13-22)16-4-1-3-14(20(16)24)10-31-19(29)8-18(25)26/h1,3-4,7,9H,2,5-6,8,10-13H2,(H3,25,26). The van der Waals surface area contributed by atoms with Crippen LogP contribution in [0.4, 0.5) is 14.6 Å². The van der Waals surface area contributed by atoms with Crippen LogP contribution in [0.25, 0.3) is 11.1 Å². The van der Waals surface area contributed by atoms with Gasteiger partial charge in [0.05, 0.1) is 6.61 Å². The summed E-state index contributed by atoms with van der Waals surface area (Å²) in [5, 5.41) is 7.09. The van der Waals surface area contributed by atoms with Gasteiger partial charge in [0.1, 0.15) is 24.7 Å². The Bertz CT molecular complexity index is 1000. The molecule has 2 fully saturated rings. The minimum Gasteiger partial charge on any atom is -0.460 e. The summed E-state index contributed by atoms with van der Waals surface area (Å²) in [6, 6.07) is 5.86. The molecule has 2 aliphatic rings. The van der Waals surface area contributed by atoms with E-state index in [-0.39, 0.29) is 41.2 Å². The molecule has 2 aromatic rings. The quantitative estimate of drug-likeness (QED) is 0.415. The maximum Gasteiger partial charge on any atom is 0.313 e. The van der Waals surface area contributed by atoms with E-state index in [1.165, 1.54) is 24.4 Å². The number of esters is 1. The third kappa shape index (κ3) is 4.51. The van der Waals surface area contributed by atoms with E-state index in [1.54, 1.807) is 6.07 Å². The molecule has 0 unspecified atom stereocenters. The number of nitrogens with one attached hydrogen (secondary N) is 1. The average Bonchev–Trinajstić information content (AvgIpc) is 2.71. The molecule has 2 saturated heterocycles. The Hall–Kier alpha value is -3.07. The number of rotatable bonds is 6. The lowest BCUT2D eigenvalue weighted by molar-refractivity contribution is -0.143. The molecule has 1 aromatic carbocycles. The molecule has 0 saturated carbocycles. The summed E-state index contributed by atoms with van der Waals surface area (Å²) in [5.74, 6) is -1.92. The fourth-order valence-electron chi connectivity index (χ4n) is 4.16. The molecule has 164 valence electrons. The Kier molecular flexibility index (Phi) is 5.86. The van der Waals surface area contributed by atoms with Crippen molar-refractivity contribution in [2.75, 3.05) is 31.2 Å². The van der Waals surface area contributed by atoms with Crippen LogP contribution in [0.5, 0.6) is 0 Å². The summed E-state index contributed by atoms with van der Waals surface area (Å²) in [6.07, 6.45) is 3.17. The maximum absolute atomic E-state index is 14.9. The number of anilines is 1. The number of carbonyl (C=O) groups is 1. The van der Waals surface area contributed by atoms with Crippen molar-refractivity contribution in [3.05, 3.63) is 47.7 Å². The van der Waals surface area contributed by atoms with Gasteiger partial charge in [0.2, 0.25) is 0 Å². The van der Waals surface area contributed by atoms with Gasteiger partial charge >= 0.3 is 5.97 Å². The van der Waals surface area contributed by atoms with Crippen LogP contribution in [0, 0.1) is 22.5 Å². The molecule has 0 aliphatic carbocycles. The topological polar surface area (TPSA) is 102 Å². The van der Waals surface area contributed by atoms with Crippen molar-refractivity contribution in [3.63, 3.8) is 0 Å². The summed E-state index contributed by atoms with van der Waals surface area (Å²) in [7, 11) is 0. The van der Waals surface area contributed by atoms with E-state index in [1.807, 2.05) is 4.90 Å². The second-order valence-electron chi connectivity index (χ2n) is 8.18. The molecule has 0 bridgehead atoms. The number of hydrogen-bond donors (Lipinski definition) is 2. The Morgan fingerprint density at radius 1 is 1.35 bits per heavy atom. The first-order valence-electron chi connectivity index (χ1n) is 10.1. The van der Waals surface area contributed by atoms with Gasteiger partial charge < -0.3 is 20.1 Å². The third-order valence-corrected chi connectivity index (χ3v) is 5.69. The zero-order valence-corrected chi connectivity index (χ0v) is 17.0. The average molecular weight is 430 g/mol. The zero-order chi connectivity index (χ0) is 22.0. The highest BCUT2D eigenvalue weighted by Crippen LogP contribution is 2.41. The van der Waals surface area contributed by atoms with Crippen molar-refractivity contribution >= 4 is 17.6 Å². The van der Waals surface area contributed by atoms with Crippen molar-refractivity contribution in [2.24, 2.45) is 11.1 Å². The van der Waals surface area contributed by atoms with Crippen molar-refractivity contribution in [3.8, 4) is 11.1 Å². The number of pyridine rings is 1. The molecule has 0 radical (unpaired) electrons. The van der Waals surface area contributed by atoms with Crippen molar-refractivity contribution in [2.45, 2.75) is 25.9 Å². The number of carbonyl (C=O) groups excluding carboxylic acids is 1. The second-order valence-corrected chi connectivity index (χ2v) is 8.18. The number of hydrogen-bond acceptors (Lipinski definition) is 6. The van der Waals surface area contributed by atoms with E-state index in [0.29, 0.717) is 25.3 Å². The predicted molar refractivity (Wildman–Crippen MR) is 111 cm³/mol. The predicted octanol–water partition coefficient (Wildman–Crippen LogP) is 3.01. The van der Waals surface area contributed by atoms with Gasteiger partial charge in [-0.3, -0.25) is 10.2 Å². The molecule has 2 aliphatic heterocycles. The molecular formula is C22H24F2N4O3. The van der Waals surface area contributed by atoms with Crippen molar-refractivity contribution < 1.29 is 23.0 Å². The lowest BCUT2D eigenvalue weighted by Crippen LogP contribution is -2.60. The van der Waals surface area contributed by atoms with E-state index in [2.05, 4.69) is 4.98 Å². The van der Waals surface area contributed by atoms with Gasteiger partial charge in [0, 0.05) is 48.0 Å². The Labute approximate surface area is 178 Å². The van der Waals surface area contributed by atoms with Crippen LogP contribution in [-0.2, 0) is 20.9 Å². The van der Waals surface area contributed by atoms with E-state index >= 15 is 0 Å². The van der Waals surface area contributed by atoms with Crippen LogP contribution in [0.15, 0.2) is 30.5 Å². The summed E-state index contributed by atoms with van der Waals surface area (Å²) >= 11 is 0. The molecule has 4 rings (SSSR count). The van der Waals surface area contributed by atoms with Crippen molar-refractivity contribution in [1.29, 1.82) is 5.41 Å². The highest BCUT2D eigenvalue weighted by Gasteiger charge is 2.45. The summed E-state index contributed by atoms with van der Waals surface area (Å²) in [6.45, 7) is 2.57. The first kappa shape index (κ1) is 21.2. The molecule has 31 heavy (non-hydrogen) atoms. The van der Waals surface area contributed by atoms with E-state index in [9.17, 15) is 13.6 Å². The van der Waals surface area contributed by atoms with E-state index in [0.717, 1.165) is 19.4 Å². The second kappa shape index (κ2) is 8.58. The normalized spacial score (nSPS) is 17.3. The molecule has 7 nitrogen and oxygen atoms in total. The van der Waals surface area contributed by atoms with E-state index in [4.69, 9.17) is 20.6 Å². The van der Waals surface area contributed by atoms with Gasteiger partial charge in [-0.15, -0.1) is 0 Å². The molecule has 3 heterocycles. The molecule has 0 atom stereocenters. The zero-order valence-electron chi connectivity index (χ0n) is 17.0. The highest BCUT2D eigenvalue weighted by atomic mass is 19.1. The van der Waals surface area contributed by atoms with Crippen LogP contribution >= 0.6 is 0 Å². The first-order valence-corrected chi connectivity index (χ1v) is 10.1. The smallest absolute Gasteiger partial charge is 0.313 e. The number of benzene rings is 1. The first-order chi connectivity index (χ1) is 14.9. The minimum absolute atomic E-state index is 0.0886. The Morgan fingerprint density at radius 2 is 2.16 bits per heavy atom. The van der Waals surface area contributed by atoms with Crippen LogP contribution < -0.4 is 10.6 Å². The molecule has 1 aromatic heterocycles. The largest absolute Gasteiger partial charge is 0.460 e. The van der Waals surface area contributed by atoms with E-state index < -0.39 is 17.6 Å². The Morgan fingerprint density at radius 3 is 2.84 bits per heavy atom. The van der Waals surface area contributed by atoms with Gasteiger partial charge in [0.15, 0.2) is 11.6 Å². The SMILES string of the molecule is N=C(N)CC(=O)OCc1cccc(-c2cnc(N3CC4(CCCOC4)C3)c(F)c2)c1F. The fraction of sp³-hybridized carbons (Fsp3) is 0.409. The van der Waals surface area contributed by atoms with Gasteiger partial charge in [-0.1, -0.05) is 18.2 Å². The summed E-state index contributed by atoms with van der Waals surface area (Å²) < 4.78 is 40.3. The lowest BCUT2D eigenvalue weighted by Gasteiger charge is -2.52. The van der Waals surface area contributed by atoms with Crippen LogP contribution in [-0.4, -0.2) is 43.1 Å². The van der Waals surface area contributed by atoms with Gasteiger partial charge in [0.25, 0.3) is 0 Å². The maximum atomic E-state index is 14.9. The van der Waals surface area contributed by atoms with Crippen LogP contribution in [0.3, 0.4) is 0 Å². The monoisotopic (exact) mass is 430 g/mol. The fourth-order valence-corrected chi connectivity index (χ4v) is 4.16. The number of nitrogens with zero attached hydrogens (tertiary/aromatic N) is 2. The van der Waals surface area contributed by atoms with Gasteiger partial charge in [-0.2, -0.15) is 0 Å². The third-order valence-electron chi connectivity index (χ3n) is 5.69. The van der Waals surface area contributed by atoms with Gasteiger partial charge in [-0.05, 0) is 18.9 Å². The lowest BCUT2D eigenvalue weighted by atomic mass is 9.75. The van der Waals surface area contributed by atoms with Crippen molar-refractivity contribution in [1.82, 2.24) is 4.98 Å². The molecule has 3 N–H and O–H groups in total. The number of halogens is 2. The summed E-state index contributed by atoms with van der Waals surface area (Å²) in [4.78, 5) is 17.7. The molecule has 9 heteroatoms. The van der Waals surface area contributed by atoms with Gasteiger partial charge in [-0.25, -0.2) is 13.8 Å². The molecule has 1 spiro atoms. The number of nitrogens with two attached hydrogens (primary N) is 1. The summed E-state index contributed by atoms with van der Waals surface area (Å²) in [5.41, 5.74) is 5.84. The number of amidine groups is 1. The molecular weight excluding hydrogens is 406 g/mol. The number of ether oxygens (including phenoxy) is 2. The minimum atomic E-state index is -0.718. The van der Waals surface area contributed by atoms with Crippen LogP contribution in [0.2, 0.25) is 0 Å². The Balaban J connectivity index is 1.47. The highest BCUT2D eigenvalue weighted by molar-refractivity contribution is 5.94. The van der Waals surface area contributed by atoms with Crippen LogP contribution in [0.1, 0.15) is 24.8 Å². The molecule has 0 amide bonds.